The molecule has 0 bridgehead atoms. The van der Waals surface area contributed by atoms with E-state index in [1.165, 1.54) is 0 Å². The van der Waals surface area contributed by atoms with Crippen molar-refractivity contribution in [1.29, 1.82) is 0 Å². The Hall–Kier alpha value is -0.530. The molecule has 2 atom stereocenters. The molecule has 0 spiro atoms. The van der Waals surface area contributed by atoms with Crippen LogP contribution in [0.1, 0.15) is 13.3 Å². The van der Waals surface area contributed by atoms with Crippen LogP contribution < -0.4 is 0 Å². The fourth-order valence-electron chi connectivity index (χ4n) is 0.666. The third-order valence-corrected chi connectivity index (χ3v) is 1.43. The van der Waals surface area contributed by atoms with Gasteiger partial charge in [0.25, 0.3) is 0 Å². The maximum atomic E-state index is 9.97. The maximum Gasteiger partial charge on any atom is 0.306 e. The predicted molar refractivity (Wildman–Crippen MR) is 24.9 cm³/mol. The summed E-state index contributed by atoms with van der Waals surface area (Å²) in [6.45, 7) is 1.96. The Bertz CT molecular complexity index is 98.3. The van der Waals surface area contributed by atoms with Gasteiger partial charge in [0, 0.05) is 0 Å². The predicted octanol–water partition coefficient (Wildman–Crippen LogP) is 0.727. The monoisotopic (exact) mass is 100 g/mol. The third kappa shape index (κ3) is 0.734. The Morgan fingerprint density at radius 3 is 2.29 bits per heavy atom. The minimum absolute atomic E-state index is 0.0139. The largest absolute Gasteiger partial charge is 0.481 e. The summed E-state index contributed by atoms with van der Waals surface area (Å²) in [5.74, 6) is -0.204. The van der Waals surface area contributed by atoms with Crippen LogP contribution in [0, 0.1) is 11.8 Å². The van der Waals surface area contributed by atoms with Crippen molar-refractivity contribution in [3.8, 4) is 0 Å². The minimum atomic E-state index is -0.632. The molecule has 0 saturated heterocycles. The van der Waals surface area contributed by atoms with Crippen molar-refractivity contribution in [1.82, 2.24) is 0 Å². The Morgan fingerprint density at radius 2 is 2.29 bits per heavy atom. The summed E-state index contributed by atoms with van der Waals surface area (Å²) in [5.41, 5.74) is 0. The topological polar surface area (TPSA) is 37.3 Å². The lowest BCUT2D eigenvalue weighted by Crippen LogP contribution is -1.97. The molecule has 1 aliphatic rings. The second kappa shape index (κ2) is 1.22. The quantitative estimate of drug-likeness (QED) is 0.527. The van der Waals surface area contributed by atoms with E-state index in [1.807, 2.05) is 6.92 Å². The summed E-state index contributed by atoms with van der Waals surface area (Å²) in [7, 11) is 0. The van der Waals surface area contributed by atoms with Crippen molar-refractivity contribution < 1.29 is 9.90 Å². The molecule has 0 aliphatic heterocycles. The summed E-state index contributed by atoms with van der Waals surface area (Å²) >= 11 is 0. The molecule has 40 valence electrons. The molecule has 1 N–H and O–H groups in total. The molecule has 2 heteroatoms. The lowest BCUT2D eigenvalue weighted by atomic mass is 10.3. The van der Waals surface area contributed by atoms with Gasteiger partial charge in [-0.3, -0.25) is 4.79 Å². The van der Waals surface area contributed by atoms with Crippen molar-refractivity contribution in [2.75, 3.05) is 0 Å². The van der Waals surface area contributed by atoms with Gasteiger partial charge in [-0.1, -0.05) is 6.92 Å². The first-order chi connectivity index (χ1) is 3.22. The van der Waals surface area contributed by atoms with Gasteiger partial charge in [-0.05, 0) is 12.3 Å². The maximum absolute atomic E-state index is 9.97. The first-order valence-electron chi connectivity index (χ1n) is 2.44. The molecule has 1 fully saturated rings. The Labute approximate surface area is 42.1 Å². The number of carbonyl (C=O) groups is 1. The number of aliphatic carboxylic acids is 1. The average molecular weight is 100 g/mol. The van der Waals surface area contributed by atoms with Gasteiger partial charge in [0.05, 0.1) is 5.92 Å². The second-order valence-electron chi connectivity index (χ2n) is 2.16. The standard InChI is InChI=1S/C5H8O2/c1-3-2-4(3)5(6)7/h3-4H,2H2,1H3,(H,6,7)/t3-,4-/m1/s1. The highest BCUT2D eigenvalue weighted by atomic mass is 16.4. The van der Waals surface area contributed by atoms with Crippen LogP contribution in [0.5, 0.6) is 0 Å². The lowest BCUT2D eigenvalue weighted by molar-refractivity contribution is -0.138. The Morgan fingerprint density at radius 1 is 1.86 bits per heavy atom. The van der Waals surface area contributed by atoms with Crippen molar-refractivity contribution in [3.05, 3.63) is 0 Å². The van der Waals surface area contributed by atoms with Crippen LogP contribution in [0.3, 0.4) is 0 Å². The fourth-order valence-corrected chi connectivity index (χ4v) is 0.666. The average Bonchev–Trinajstić information content (AvgIpc) is 2.17. The zero-order chi connectivity index (χ0) is 5.44. The molecule has 2 nitrogen and oxygen atoms in total. The zero-order valence-electron chi connectivity index (χ0n) is 4.22. The van der Waals surface area contributed by atoms with E-state index in [0.29, 0.717) is 5.92 Å². The first kappa shape index (κ1) is 4.62. The van der Waals surface area contributed by atoms with Crippen molar-refractivity contribution in [2.24, 2.45) is 11.8 Å². The Kier molecular flexibility index (Phi) is 0.805. The van der Waals surface area contributed by atoms with Gasteiger partial charge in [0.1, 0.15) is 0 Å². The molecule has 0 heterocycles. The van der Waals surface area contributed by atoms with Crippen LogP contribution in [0.2, 0.25) is 0 Å². The van der Waals surface area contributed by atoms with Gasteiger partial charge in [-0.2, -0.15) is 0 Å². The molecule has 0 amide bonds. The molecule has 1 rings (SSSR count). The van der Waals surface area contributed by atoms with Gasteiger partial charge in [-0.25, -0.2) is 0 Å². The van der Waals surface area contributed by atoms with Gasteiger partial charge in [0.15, 0.2) is 0 Å². The molecule has 0 aromatic heterocycles. The van der Waals surface area contributed by atoms with E-state index >= 15 is 0 Å². The van der Waals surface area contributed by atoms with Crippen molar-refractivity contribution in [2.45, 2.75) is 13.3 Å². The first-order valence-corrected chi connectivity index (χ1v) is 2.44. The summed E-state index contributed by atoms with van der Waals surface area (Å²) in [5, 5.41) is 8.22. The van der Waals surface area contributed by atoms with E-state index in [2.05, 4.69) is 0 Å². The molecule has 1 saturated carbocycles. The lowest BCUT2D eigenvalue weighted by Gasteiger charge is -1.79. The number of hydrogen-bond donors (Lipinski definition) is 1. The molecule has 1 aliphatic carbocycles. The highest BCUT2D eigenvalue weighted by Gasteiger charge is 2.38. The van der Waals surface area contributed by atoms with E-state index < -0.39 is 5.97 Å². The van der Waals surface area contributed by atoms with Crippen LogP contribution in [-0.2, 0) is 4.79 Å². The highest BCUT2D eigenvalue weighted by molar-refractivity contribution is 5.73. The minimum Gasteiger partial charge on any atom is -0.481 e. The van der Waals surface area contributed by atoms with Crippen LogP contribution in [-0.4, -0.2) is 11.1 Å². The van der Waals surface area contributed by atoms with E-state index in [1.54, 1.807) is 0 Å². The van der Waals surface area contributed by atoms with Crippen LogP contribution in [0.15, 0.2) is 0 Å². The van der Waals surface area contributed by atoms with E-state index in [9.17, 15) is 4.79 Å². The fraction of sp³-hybridized carbons (Fsp3) is 0.800. The smallest absolute Gasteiger partial charge is 0.306 e. The van der Waals surface area contributed by atoms with Crippen molar-refractivity contribution in [3.63, 3.8) is 0 Å². The summed E-state index contributed by atoms with van der Waals surface area (Å²) < 4.78 is 0. The van der Waals surface area contributed by atoms with Gasteiger partial charge in [-0.15, -0.1) is 0 Å². The third-order valence-electron chi connectivity index (χ3n) is 1.43. The number of hydrogen-bond acceptors (Lipinski definition) is 1. The number of carboxylic acids is 1. The SMILES string of the molecule is C[C@@H]1C[C@H]1C(=O)O. The summed E-state index contributed by atoms with van der Waals surface area (Å²) in [6, 6.07) is 0. The molecule has 7 heavy (non-hydrogen) atoms. The highest BCUT2D eigenvalue weighted by Crippen LogP contribution is 2.37. The normalized spacial score (nSPS) is 37.9. The second-order valence-corrected chi connectivity index (χ2v) is 2.16. The van der Waals surface area contributed by atoms with E-state index in [0.717, 1.165) is 6.42 Å². The zero-order valence-corrected chi connectivity index (χ0v) is 4.22. The molecule has 0 unspecified atom stereocenters. The van der Waals surface area contributed by atoms with Gasteiger partial charge >= 0.3 is 5.97 Å². The van der Waals surface area contributed by atoms with Crippen LogP contribution in [0.25, 0.3) is 0 Å². The van der Waals surface area contributed by atoms with E-state index in [4.69, 9.17) is 5.11 Å². The summed E-state index contributed by atoms with van der Waals surface area (Å²) in [4.78, 5) is 9.97. The van der Waals surface area contributed by atoms with Gasteiger partial charge in [0.2, 0.25) is 0 Å². The Balaban J connectivity index is 2.33. The number of rotatable bonds is 1. The van der Waals surface area contributed by atoms with E-state index in [-0.39, 0.29) is 5.92 Å². The van der Waals surface area contributed by atoms with Crippen molar-refractivity contribution >= 4 is 5.97 Å². The molecule has 0 aromatic carbocycles. The number of carboxylic acid groups (broad SMARTS) is 1. The van der Waals surface area contributed by atoms with Crippen LogP contribution >= 0.6 is 0 Å². The van der Waals surface area contributed by atoms with Crippen LogP contribution in [0.4, 0.5) is 0 Å². The molecule has 0 aromatic rings. The molecular weight excluding hydrogens is 92.1 g/mol. The molecule has 0 radical (unpaired) electrons. The van der Waals surface area contributed by atoms with Gasteiger partial charge < -0.3 is 5.11 Å². The molecular formula is C5H8O2. The summed E-state index contributed by atoms with van der Waals surface area (Å²) in [6.07, 6.45) is 0.884.